The second-order valence-corrected chi connectivity index (χ2v) is 3.32. The van der Waals surface area contributed by atoms with E-state index in [0.717, 1.165) is 5.56 Å². The van der Waals surface area contributed by atoms with Gasteiger partial charge in [-0.25, -0.2) is 0 Å². The van der Waals surface area contributed by atoms with Crippen molar-refractivity contribution in [1.29, 1.82) is 0 Å². The summed E-state index contributed by atoms with van der Waals surface area (Å²) in [4.78, 5) is 0. The van der Waals surface area contributed by atoms with Crippen molar-refractivity contribution in [3.05, 3.63) is 23.8 Å². The Hall–Kier alpha value is -1.71. The van der Waals surface area contributed by atoms with Crippen molar-refractivity contribution < 1.29 is 14.7 Å². The number of oxime groups is 1. The lowest BCUT2D eigenvalue weighted by Gasteiger charge is -2.13. The number of benzene rings is 1. The zero-order valence-electron chi connectivity index (χ0n) is 9.10. The van der Waals surface area contributed by atoms with Crippen LogP contribution in [0.5, 0.6) is 11.5 Å². The van der Waals surface area contributed by atoms with E-state index >= 15 is 0 Å². The van der Waals surface area contributed by atoms with Crippen LogP contribution in [0.15, 0.2) is 23.4 Å². The summed E-state index contributed by atoms with van der Waals surface area (Å²) in [5, 5.41) is 11.4. The van der Waals surface area contributed by atoms with Crippen LogP contribution >= 0.6 is 0 Å². The molecule has 0 unspecified atom stereocenters. The van der Waals surface area contributed by atoms with Crippen molar-refractivity contribution in [2.24, 2.45) is 5.16 Å². The Labute approximate surface area is 89.1 Å². The van der Waals surface area contributed by atoms with E-state index in [1.165, 1.54) is 6.21 Å². The van der Waals surface area contributed by atoms with Crippen LogP contribution in [-0.4, -0.2) is 24.6 Å². The Morgan fingerprint density at radius 1 is 1.33 bits per heavy atom. The van der Waals surface area contributed by atoms with Gasteiger partial charge in [-0.05, 0) is 32.0 Å². The molecule has 0 aliphatic heterocycles. The molecule has 0 aromatic heterocycles. The van der Waals surface area contributed by atoms with Crippen molar-refractivity contribution in [1.82, 2.24) is 0 Å². The summed E-state index contributed by atoms with van der Waals surface area (Å²) in [6.07, 6.45) is 1.41. The zero-order chi connectivity index (χ0) is 11.3. The second-order valence-electron chi connectivity index (χ2n) is 3.32. The molecule has 0 atom stereocenters. The molecule has 4 nitrogen and oxygen atoms in total. The summed E-state index contributed by atoms with van der Waals surface area (Å²) < 4.78 is 10.7. The van der Waals surface area contributed by atoms with Gasteiger partial charge in [0, 0.05) is 5.56 Å². The monoisotopic (exact) mass is 209 g/mol. The number of nitrogens with zero attached hydrogens (tertiary/aromatic N) is 1. The van der Waals surface area contributed by atoms with Crippen molar-refractivity contribution in [2.75, 3.05) is 7.11 Å². The Balaban J connectivity index is 3.01. The molecular weight excluding hydrogens is 194 g/mol. The third-order valence-corrected chi connectivity index (χ3v) is 1.76. The predicted octanol–water partition coefficient (Wildman–Crippen LogP) is 2.29. The lowest BCUT2D eigenvalue weighted by Crippen LogP contribution is -2.07. The fourth-order valence-corrected chi connectivity index (χ4v) is 1.19. The minimum Gasteiger partial charge on any atom is -0.493 e. The first-order chi connectivity index (χ1) is 7.17. The molecule has 0 heterocycles. The molecule has 0 saturated heterocycles. The number of rotatable bonds is 4. The molecule has 0 fully saturated rings. The summed E-state index contributed by atoms with van der Waals surface area (Å²) in [7, 11) is 1.59. The van der Waals surface area contributed by atoms with Crippen LogP contribution in [0, 0.1) is 0 Å². The highest BCUT2D eigenvalue weighted by atomic mass is 16.5. The summed E-state index contributed by atoms with van der Waals surface area (Å²) in [6.45, 7) is 3.87. The Bertz CT molecular complexity index is 348. The Morgan fingerprint density at radius 3 is 2.60 bits per heavy atom. The van der Waals surface area contributed by atoms with Crippen LogP contribution < -0.4 is 9.47 Å². The highest BCUT2D eigenvalue weighted by Crippen LogP contribution is 2.28. The van der Waals surface area contributed by atoms with Crippen LogP contribution in [0.2, 0.25) is 0 Å². The first kappa shape index (κ1) is 11.4. The fraction of sp³-hybridized carbons (Fsp3) is 0.364. The van der Waals surface area contributed by atoms with Gasteiger partial charge in [-0.1, -0.05) is 5.16 Å². The van der Waals surface area contributed by atoms with Gasteiger partial charge in [0.1, 0.15) is 0 Å². The first-order valence-electron chi connectivity index (χ1n) is 4.69. The standard InChI is InChI=1S/C11H15NO3/c1-8(2)15-11-6-9(7-12-13)4-5-10(11)14-3/h4-8,13H,1-3H3/b12-7+. The maximum atomic E-state index is 8.42. The SMILES string of the molecule is COc1ccc(/C=N/O)cc1OC(C)C. The van der Waals surface area contributed by atoms with E-state index in [4.69, 9.17) is 14.7 Å². The fourth-order valence-electron chi connectivity index (χ4n) is 1.19. The van der Waals surface area contributed by atoms with Gasteiger partial charge in [0.15, 0.2) is 11.5 Å². The molecule has 0 aliphatic carbocycles. The largest absolute Gasteiger partial charge is 0.493 e. The average molecular weight is 209 g/mol. The van der Waals surface area contributed by atoms with Crippen molar-refractivity contribution >= 4 is 6.21 Å². The van der Waals surface area contributed by atoms with E-state index in [9.17, 15) is 0 Å². The van der Waals surface area contributed by atoms with Gasteiger partial charge in [0.2, 0.25) is 0 Å². The topological polar surface area (TPSA) is 51.0 Å². The minimum atomic E-state index is 0.0696. The van der Waals surface area contributed by atoms with E-state index in [1.807, 2.05) is 13.8 Å². The smallest absolute Gasteiger partial charge is 0.162 e. The van der Waals surface area contributed by atoms with Gasteiger partial charge in [-0.3, -0.25) is 0 Å². The average Bonchev–Trinajstić information content (AvgIpc) is 2.18. The molecule has 0 radical (unpaired) electrons. The second kappa shape index (κ2) is 5.24. The number of methoxy groups -OCH3 is 1. The quantitative estimate of drug-likeness (QED) is 0.470. The van der Waals surface area contributed by atoms with Crippen LogP contribution in [-0.2, 0) is 0 Å². The molecule has 0 amide bonds. The van der Waals surface area contributed by atoms with Gasteiger partial charge in [-0.2, -0.15) is 0 Å². The van der Waals surface area contributed by atoms with Crippen molar-refractivity contribution in [2.45, 2.75) is 20.0 Å². The lowest BCUT2D eigenvalue weighted by atomic mass is 10.2. The normalized spacial score (nSPS) is 10.9. The summed E-state index contributed by atoms with van der Waals surface area (Å²) >= 11 is 0. The maximum Gasteiger partial charge on any atom is 0.162 e. The molecule has 4 heteroatoms. The molecule has 82 valence electrons. The van der Waals surface area contributed by atoms with Gasteiger partial charge in [0.05, 0.1) is 19.4 Å². The van der Waals surface area contributed by atoms with Crippen LogP contribution in [0.4, 0.5) is 0 Å². The molecule has 0 saturated carbocycles. The summed E-state index contributed by atoms with van der Waals surface area (Å²) in [5.41, 5.74) is 0.758. The molecule has 0 spiro atoms. The van der Waals surface area contributed by atoms with Crippen LogP contribution in [0.3, 0.4) is 0 Å². The highest BCUT2D eigenvalue weighted by Gasteiger charge is 2.06. The van der Waals surface area contributed by atoms with E-state index in [0.29, 0.717) is 11.5 Å². The Morgan fingerprint density at radius 2 is 2.07 bits per heavy atom. The maximum absolute atomic E-state index is 8.42. The first-order valence-corrected chi connectivity index (χ1v) is 4.69. The summed E-state index contributed by atoms with van der Waals surface area (Å²) in [5.74, 6) is 1.31. The van der Waals surface area contributed by atoms with E-state index in [-0.39, 0.29) is 6.10 Å². The van der Waals surface area contributed by atoms with E-state index < -0.39 is 0 Å². The molecular formula is C11H15NO3. The van der Waals surface area contributed by atoms with Gasteiger partial charge < -0.3 is 14.7 Å². The molecule has 0 bridgehead atoms. The minimum absolute atomic E-state index is 0.0696. The third-order valence-electron chi connectivity index (χ3n) is 1.76. The number of hydrogen-bond donors (Lipinski definition) is 1. The van der Waals surface area contributed by atoms with E-state index in [1.54, 1.807) is 25.3 Å². The zero-order valence-corrected chi connectivity index (χ0v) is 9.10. The molecule has 0 aliphatic rings. The van der Waals surface area contributed by atoms with Gasteiger partial charge >= 0.3 is 0 Å². The van der Waals surface area contributed by atoms with Crippen molar-refractivity contribution in [3.8, 4) is 11.5 Å². The molecule has 1 N–H and O–H groups in total. The summed E-state index contributed by atoms with van der Waals surface area (Å²) in [6, 6.07) is 5.32. The predicted molar refractivity (Wildman–Crippen MR) is 58.1 cm³/mol. The Kier molecular flexibility index (Phi) is 3.97. The van der Waals surface area contributed by atoms with Crippen LogP contribution in [0.1, 0.15) is 19.4 Å². The van der Waals surface area contributed by atoms with Gasteiger partial charge in [0.25, 0.3) is 0 Å². The number of hydrogen-bond acceptors (Lipinski definition) is 4. The molecule has 15 heavy (non-hydrogen) atoms. The molecule has 1 aromatic carbocycles. The molecule has 1 aromatic rings. The third kappa shape index (κ3) is 3.16. The van der Waals surface area contributed by atoms with Crippen LogP contribution in [0.25, 0.3) is 0 Å². The highest BCUT2D eigenvalue weighted by molar-refractivity contribution is 5.80. The number of ether oxygens (including phenoxy) is 2. The van der Waals surface area contributed by atoms with Gasteiger partial charge in [-0.15, -0.1) is 0 Å². The molecule has 1 rings (SSSR count). The lowest BCUT2D eigenvalue weighted by molar-refractivity contribution is 0.230. The van der Waals surface area contributed by atoms with Crippen molar-refractivity contribution in [3.63, 3.8) is 0 Å². The van der Waals surface area contributed by atoms with E-state index in [2.05, 4.69) is 5.16 Å².